The van der Waals surface area contributed by atoms with E-state index in [1.807, 2.05) is 4.98 Å². The summed E-state index contributed by atoms with van der Waals surface area (Å²) in [6.07, 6.45) is -7.69. The topological polar surface area (TPSA) is 204 Å². The van der Waals surface area contributed by atoms with Gasteiger partial charge in [0.05, 0.1) is 18.8 Å². The standard InChI is InChI=1S/C17H23N5O10/c1-8(2)28-15(26)30-11-12(31-16(27)29-9(3)4)17(7-23,20-21-18)32-13(11)22-6-5-10(24)19-14(22)25/h5-6,8-9,11-13,23H,7H2,1-4H3,(H,19,24,25)/t11-,12+,13?,17-/m1/s1. The Bertz CT molecular complexity index is 998. The Morgan fingerprint density at radius 3 is 2.34 bits per heavy atom. The van der Waals surface area contributed by atoms with Crippen LogP contribution in [0.3, 0.4) is 0 Å². The van der Waals surface area contributed by atoms with Crippen LogP contribution in [-0.2, 0) is 23.7 Å². The van der Waals surface area contributed by atoms with Crippen LogP contribution in [0.15, 0.2) is 27.0 Å². The maximum Gasteiger partial charge on any atom is 0.509 e. The summed E-state index contributed by atoms with van der Waals surface area (Å²) in [5, 5.41) is 13.3. The van der Waals surface area contributed by atoms with E-state index in [2.05, 4.69) is 10.0 Å². The van der Waals surface area contributed by atoms with E-state index in [9.17, 15) is 24.3 Å². The minimum Gasteiger partial charge on any atom is -0.432 e. The number of H-pyrrole nitrogens is 1. The normalized spacial score (nSPS) is 24.7. The number of aromatic amines is 1. The maximum atomic E-state index is 12.3. The molecule has 0 saturated carbocycles. The molecule has 4 atom stereocenters. The number of aliphatic hydroxyl groups excluding tert-OH is 1. The second kappa shape index (κ2) is 10.2. The minimum absolute atomic E-state index is 0.593. The predicted octanol–water partition coefficient (Wildman–Crippen LogP) is 0.925. The van der Waals surface area contributed by atoms with Gasteiger partial charge in [-0.15, -0.1) is 0 Å². The van der Waals surface area contributed by atoms with Crippen molar-refractivity contribution < 1.29 is 38.4 Å². The van der Waals surface area contributed by atoms with Crippen molar-refractivity contribution in [2.75, 3.05) is 6.61 Å². The third-order valence-corrected chi connectivity index (χ3v) is 4.03. The zero-order valence-corrected chi connectivity index (χ0v) is 17.7. The highest BCUT2D eigenvalue weighted by Gasteiger charge is 2.61. The van der Waals surface area contributed by atoms with Gasteiger partial charge in [-0.25, -0.2) is 14.4 Å². The first-order valence-corrected chi connectivity index (χ1v) is 9.44. The fraction of sp³-hybridized carbons (Fsp3) is 0.647. The quantitative estimate of drug-likeness (QED) is 0.256. The summed E-state index contributed by atoms with van der Waals surface area (Å²) in [4.78, 5) is 52.7. The lowest BCUT2D eigenvalue weighted by Crippen LogP contribution is -2.49. The van der Waals surface area contributed by atoms with Gasteiger partial charge in [-0.1, -0.05) is 5.11 Å². The number of azide groups is 1. The molecule has 2 N–H and O–H groups in total. The Balaban J connectivity index is 2.58. The van der Waals surface area contributed by atoms with Crippen LogP contribution in [0, 0.1) is 0 Å². The average Bonchev–Trinajstić information content (AvgIpc) is 2.94. The average molecular weight is 457 g/mol. The van der Waals surface area contributed by atoms with Crippen molar-refractivity contribution in [3.05, 3.63) is 43.5 Å². The summed E-state index contributed by atoms with van der Waals surface area (Å²) in [6, 6.07) is 0.976. The summed E-state index contributed by atoms with van der Waals surface area (Å²) >= 11 is 0. The molecule has 0 radical (unpaired) electrons. The first-order chi connectivity index (χ1) is 15.0. The Hall–Kier alpha value is -3.55. The molecule has 176 valence electrons. The summed E-state index contributed by atoms with van der Waals surface area (Å²) in [6.45, 7) is 5.13. The van der Waals surface area contributed by atoms with E-state index in [0.717, 1.165) is 16.8 Å². The van der Waals surface area contributed by atoms with E-state index in [4.69, 9.17) is 29.2 Å². The molecule has 2 heterocycles. The van der Waals surface area contributed by atoms with Gasteiger partial charge in [-0.3, -0.25) is 14.3 Å². The Kier molecular flexibility index (Phi) is 7.86. The van der Waals surface area contributed by atoms with Gasteiger partial charge in [-0.2, -0.15) is 0 Å². The molecular weight excluding hydrogens is 434 g/mol. The Morgan fingerprint density at radius 2 is 1.84 bits per heavy atom. The second-order valence-electron chi connectivity index (χ2n) is 7.17. The van der Waals surface area contributed by atoms with Gasteiger partial charge in [-0.05, 0) is 33.2 Å². The molecule has 1 aromatic heterocycles. The van der Waals surface area contributed by atoms with E-state index in [1.165, 1.54) is 13.8 Å². The summed E-state index contributed by atoms with van der Waals surface area (Å²) in [5.41, 5.74) is 4.99. The van der Waals surface area contributed by atoms with E-state index in [1.54, 1.807) is 13.8 Å². The van der Waals surface area contributed by atoms with Crippen molar-refractivity contribution >= 4 is 12.3 Å². The summed E-state index contributed by atoms with van der Waals surface area (Å²) < 4.78 is 26.6. The monoisotopic (exact) mass is 457 g/mol. The molecule has 2 rings (SSSR count). The summed E-state index contributed by atoms with van der Waals surface area (Å²) in [5.74, 6) is 0. The van der Waals surface area contributed by atoms with Gasteiger partial charge < -0.3 is 28.8 Å². The van der Waals surface area contributed by atoms with Crippen LogP contribution in [0.4, 0.5) is 9.59 Å². The van der Waals surface area contributed by atoms with Crippen LogP contribution < -0.4 is 11.2 Å². The molecule has 1 aliphatic rings. The van der Waals surface area contributed by atoms with E-state index < -0.39 is 66.5 Å². The minimum atomic E-state index is -2.31. The lowest BCUT2D eigenvalue weighted by Gasteiger charge is -2.28. The molecule has 0 amide bonds. The van der Waals surface area contributed by atoms with Crippen molar-refractivity contribution in [2.45, 2.75) is 64.1 Å². The fourth-order valence-corrected chi connectivity index (χ4v) is 2.84. The number of hydrogen-bond donors (Lipinski definition) is 2. The van der Waals surface area contributed by atoms with Gasteiger partial charge in [0.15, 0.2) is 18.4 Å². The van der Waals surface area contributed by atoms with Gasteiger partial charge in [0.2, 0.25) is 5.72 Å². The smallest absolute Gasteiger partial charge is 0.432 e. The first-order valence-electron chi connectivity index (χ1n) is 9.44. The van der Waals surface area contributed by atoms with E-state index >= 15 is 0 Å². The number of carbonyl (C=O) groups is 2. The van der Waals surface area contributed by atoms with Crippen molar-refractivity contribution in [2.24, 2.45) is 5.11 Å². The molecule has 0 spiro atoms. The van der Waals surface area contributed by atoms with Crippen molar-refractivity contribution in [1.82, 2.24) is 9.55 Å². The van der Waals surface area contributed by atoms with Gasteiger partial charge >= 0.3 is 18.0 Å². The Labute approximate surface area is 180 Å². The molecule has 1 saturated heterocycles. The highest BCUT2D eigenvalue weighted by Crippen LogP contribution is 2.41. The SMILES string of the molecule is CC(C)OC(=O)O[C@H]1C(n2ccc(=O)[nH]c2=O)O[C@@](CO)(N=[N+]=[N-])[C@H]1OC(=O)OC(C)C. The molecule has 32 heavy (non-hydrogen) atoms. The number of aromatic nitrogens is 2. The third kappa shape index (κ3) is 5.57. The van der Waals surface area contributed by atoms with E-state index in [0.29, 0.717) is 0 Å². The van der Waals surface area contributed by atoms with Crippen LogP contribution in [0.5, 0.6) is 0 Å². The van der Waals surface area contributed by atoms with Gasteiger partial charge in [0.25, 0.3) is 5.56 Å². The van der Waals surface area contributed by atoms with Gasteiger partial charge in [0.1, 0.15) is 0 Å². The van der Waals surface area contributed by atoms with Crippen molar-refractivity contribution in [3.63, 3.8) is 0 Å². The Morgan fingerprint density at radius 1 is 1.25 bits per heavy atom. The van der Waals surface area contributed by atoms with E-state index in [-0.39, 0.29) is 0 Å². The maximum absolute atomic E-state index is 12.3. The number of rotatable bonds is 7. The zero-order valence-electron chi connectivity index (χ0n) is 17.7. The molecule has 0 aromatic carbocycles. The number of aliphatic hydroxyl groups is 1. The van der Waals surface area contributed by atoms with Crippen LogP contribution >= 0.6 is 0 Å². The molecule has 15 nitrogen and oxygen atoms in total. The molecule has 1 aliphatic heterocycles. The lowest BCUT2D eigenvalue weighted by molar-refractivity contribution is -0.131. The van der Waals surface area contributed by atoms with Crippen LogP contribution in [0.2, 0.25) is 0 Å². The molecule has 15 heteroatoms. The van der Waals surface area contributed by atoms with Crippen LogP contribution in [-0.4, -0.2) is 63.7 Å². The second-order valence-corrected chi connectivity index (χ2v) is 7.17. The lowest BCUT2D eigenvalue weighted by atomic mass is 10.1. The molecule has 1 fully saturated rings. The molecule has 1 unspecified atom stereocenters. The molecule has 1 aromatic rings. The number of carbonyl (C=O) groups excluding carboxylic acids is 2. The molecule has 0 aliphatic carbocycles. The first kappa shape index (κ1) is 24.7. The highest BCUT2D eigenvalue weighted by molar-refractivity contribution is 5.62. The predicted molar refractivity (Wildman–Crippen MR) is 103 cm³/mol. The summed E-state index contributed by atoms with van der Waals surface area (Å²) in [7, 11) is 0. The van der Waals surface area contributed by atoms with Crippen molar-refractivity contribution in [3.8, 4) is 0 Å². The molecular formula is C17H23N5O10. The third-order valence-electron chi connectivity index (χ3n) is 4.03. The highest BCUT2D eigenvalue weighted by atomic mass is 16.8. The van der Waals surface area contributed by atoms with Crippen LogP contribution in [0.25, 0.3) is 10.4 Å². The molecule has 0 bridgehead atoms. The zero-order chi connectivity index (χ0) is 24.1. The van der Waals surface area contributed by atoms with Crippen molar-refractivity contribution in [1.29, 1.82) is 0 Å². The van der Waals surface area contributed by atoms with Gasteiger partial charge in [0, 0.05) is 17.2 Å². The number of ether oxygens (including phenoxy) is 5. The van der Waals surface area contributed by atoms with Crippen LogP contribution in [0.1, 0.15) is 33.9 Å². The number of hydrogen-bond acceptors (Lipinski definition) is 11. The number of nitrogens with one attached hydrogen (secondary N) is 1. The number of nitrogens with zero attached hydrogens (tertiary/aromatic N) is 4. The fourth-order valence-electron chi connectivity index (χ4n) is 2.84. The largest absolute Gasteiger partial charge is 0.509 e.